The number of halogens is 1. The Morgan fingerprint density at radius 2 is 1.66 bits per heavy atom. The van der Waals surface area contributed by atoms with Gasteiger partial charge in [-0.2, -0.15) is 0 Å². The largest absolute Gasteiger partial charge is 0.480 e. The molecule has 3 amide bonds. The molecule has 0 fully saturated rings. The van der Waals surface area contributed by atoms with Crippen LogP contribution in [0, 0.1) is 13.8 Å². The third kappa shape index (κ3) is 5.86. The monoisotopic (exact) mass is 533 g/mol. The molecule has 196 valence electrons. The highest BCUT2D eigenvalue weighted by atomic mass is 35.5. The zero-order valence-electron chi connectivity index (χ0n) is 21.1. The van der Waals surface area contributed by atoms with Gasteiger partial charge in [0, 0.05) is 41.3 Å². The van der Waals surface area contributed by atoms with Crippen LogP contribution in [0.15, 0.2) is 60.7 Å². The number of nitrogens with one attached hydrogen (secondary N) is 2. The highest BCUT2D eigenvalue weighted by molar-refractivity contribution is 6.30. The summed E-state index contributed by atoms with van der Waals surface area (Å²) < 4.78 is 0. The van der Waals surface area contributed by atoms with Gasteiger partial charge in [0.1, 0.15) is 6.04 Å². The van der Waals surface area contributed by atoms with E-state index in [-0.39, 0.29) is 12.5 Å². The second kappa shape index (κ2) is 11.5. The van der Waals surface area contributed by atoms with Crippen LogP contribution in [-0.2, 0) is 17.8 Å². The van der Waals surface area contributed by atoms with Gasteiger partial charge in [-0.15, -0.1) is 0 Å². The molecule has 3 N–H and O–H groups in total. The Labute approximate surface area is 225 Å². The van der Waals surface area contributed by atoms with Crippen molar-refractivity contribution in [1.82, 2.24) is 15.5 Å². The molecule has 0 saturated carbocycles. The minimum Gasteiger partial charge on any atom is -0.480 e. The predicted molar refractivity (Wildman–Crippen MR) is 143 cm³/mol. The van der Waals surface area contributed by atoms with E-state index >= 15 is 0 Å². The zero-order valence-corrected chi connectivity index (χ0v) is 21.8. The molecular formula is C29H28ClN3O5. The Kier molecular flexibility index (Phi) is 8.12. The summed E-state index contributed by atoms with van der Waals surface area (Å²) in [4.78, 5) is 52.1. The van der Waals surface area contributed by atoms with Crippen LogP contribution in [-0.4, -0.2) is 52.8 Å². The molecule has 9 heteroatoms. The number of hydrogen-bond acceptors (Lipinski definition) is 4. The fourth-order valence-corrected chi connectivity index (χ4v) is 4.87. The number of hydrogen-bond donors (Lipinski definition) is 3. The number of fused-ring (bicyclic) bond motifs is 1. The van der Waals surface area contributed by atoms with Gasteiger partial charge in [0.2, 0.25) is 0 Å². The standard InChI is InChI=1S/C29H28ClN3O5/c1-17-14-21-16-33(28(36)20-8-10-22(30)11-9-20)13-12-23(21)18(2)25(17)27(35)32-24(29(37)38)15-31-26(34)19-6-4-3-5-7-19/h3-11,14,24H,12-13,15-16H2,1-2H3,(H,31,34)(H,32,35)(H,37,38)/t24-/m0/s1. The molecule has 4 rings (SSSR count). The number of carbonyl (C=O) groups is 4. The van der Waals surface area contributed by atoms with Gasteiger partial charge in [0.05, 0.1) is 0 Å². The molecule has 38 heavy (non-hydrogen) atoms. The van der Waals surface area contributed by atoms with Gasteiger partial charge < -0.3 is 20.6 Å². The van der Waals surface area contributed by atoms with Gasteiger partial charge in [-0.05, 0) is 78.9 Å². The molecule has 0 aromatic heterocycles. The van der Waals surface area contributed by atoms with E-state index in [2.05, 4.69) is 10.6 Å². The van der Waals surface area contributed by atoms with Gasteiger partial charge in [-0.3, -0.25) is 14.4 Å². The van der Waals surface area contributed by atoms with Crippen molar-refractivity contribution in [3.8, 4) is 0 Å². The summed E-state index contributed by atoms with van der Waals surface area (Å²) >= 11 is 5.94. The molecule has 8 nitrogen and oxygen atoms in total. The first-order valence-electron chi connectivity index (χ1n) is 12.2. The van der Waals surface area contributed by atoms with Gasteiger partial charge in [-0.1, -0.05) is 35.9 Å². The first-order chi connectivity index (χ1) is 18.2. The van der Waals surface area contributed by atoms with Crippen molar-refractivity contribution in [2.45, 2.75) is 32.9 Å². The maximum absolute atomic E-state index is 13.2. The van der Waals surface area contributed by atoms with Crippen LogP contribution in [0.5, 0.6) is 0 Å². The molecule has 1 aliphatic heterocycles. The van der Waals surface area contributed by atoms with E-state index in [4.69, 9.17) is 11.6 Å². The van der Waals surface area contributed by atoms with Crippen LogP contribution >= 0.6 is 11.6 Å². The lowest BCUT2D eigenvalue weighted by Crippen LogP contribution is -2.48. The Balaban J connectivity index is 1.47. The Morgan fingerprint density at radius 1 is 0.974 bits per heavy atom. The molecular weight excluding hydrogens is 506 g/mol. The summed E-state index contributed by atoms with van der Waals surface area (Å²) in [6, 6.07) is 15.8. The number of aryl methyl sites for hydroxylation is 1. The van der Waals surface area contributed by atoms with E-state index in [1.165, 1.54) is 0 Å². The lowest BCUT2D eigenvalue weighted by Gasteiger charge is -2.31. The average molecular weight is 534 g/mol. The Bertz CT molecular complexity index is 1390. The number of carbonyl (C=O) groups excluding carboxylic acids is 3. The molecule has 0 radical (unpaired) electrons. The van der Waals surface area contributed by atoms with Crippen molar-refractivity contribution in [2.24, 2.45) is 0 Å². The molecule has 0 aliphatic carbocycles. The van der Waals surface area contributed by atoms with E-state index in [0.29, 0.717) is 46.8 Å². The number of carboxylic acids is 1. The van der Waals surface area contributed by atoms with Crippen LogP contribution in [0.1, 0.15) is 53.3 Å². The topological polar surface area (TPSA) is 116 Å². The first-order valence-corrected chi connectivity index (χ1v) is 12.6. The number of carboxylic acid groups (broad SMARTS) is 1. The summed E-state index contributed by atoms with van der Waals surface area (Å²) in [5.41, 5.74) is 4.72. The lowest BCUT2D eigenvalue weighted by atomic mass is 9.88. The number of aliphatic carboxylic acids is 1. The van der Waals surface area contributed by atoms with Crippen LogP contribution in [0.2, 0.25) is 5.02 Å². The summed E-state index contributed by atoms with van der Waals surface area (Å²) in [5.74, 6) is -2.30. The molecule has 1 atom stereocenters. The molecule has 1 heterocycles. The number of amides is 3. The van der Waals surface area contributed by atoms with E-state index in [9.17, 15) is 24.3 Å². The number of rotatable bonds is 7. The maximum Gasteiger partial charge on any atom is 0.328 e. The van der Waals surface area contributed by atoms with Crippen LogP contribution in [0.25, 0.3) is 0 Å². The average Bonchev–Trinajstić information content (AvgIpc) is 2.90. The molecule has 0 spiro atoms. The summed E-state index contributed by atoms with van der Waals surface area (Å²) in [7, 11) is 0. The quantitative estimate of drug-likeness (QED) is 0.427. The third-order valence-corrected chi connectivity index (χ3v) is 6.96. The molecule has 0 bridgehead atoms. The summed E-state index contributed by atoms with van der Waals surface area (Å²) in [5, 5.41) is 15.3. The molecule has 1 aliphatic rings. The maximum atomic E-state index is 13.2. The van der Waals surface area contributed by atoms with Gasteiger partial charge in [0.25, 0.3) is 17.7 Å². The van der Waals surface area contributed by atoms with E-state index in [1.54, 1.807) is 66.4 Å². The minimum atomic E-state index is -1.31. The second-order valence-corrected chi connectivity index (χ2v) is 9.69. The summed E-state index contributed by atoms with van der Waals surface area (Å²) in [6.07, 6.45) is 0.566. The minimum absolute atomic E-state index is 0.0914. The SMILES string of the molecule is Cc1cc2c(c(C)c1C(=O)N[C@@H](CNC(=O)c1ccccc1)C(=O)O)CCN(C(=O)c1ccc(Cl)cc1)C2. The lowest BCUT2D eigenvalue weighted by molar-refractivity contribution is -0.139. The third-order valence-electron chi connectivity index (χ3n) is 6.70. The molecule has 3 aromatic rings. The van der Waals surface area contributed by atoms with Crippen LogP contribution < -0.4 is 10.6 Å². The molecule has 0 saturated heterocycles. The van der Waals surface area contributed by atoms with Gasteiger partial charge in [-0.25, -0.2) is 4.79 Å². The van der Waals surface area contributed by atoms with E-state index in [0.717, 1.165) is 16.7 Å². The predicted octanol–water partition coefficient (Wildman–Crippen LogP) is 3.77. The molecule has 3 aromatic carbocycles. The highest BCUT2D eigenvalue weighted by Crippen LogP contribution is 2.29. The molecule has 0 unspecified atom stereocenters. The van der Waals surface area contributed by atoms with Crippen LogP contribution in [0.4, 0.5) is 0 Å². The van der Waals surface area contributed by atoms with Crippen molar-refractivity contribution in [3.63, 3.8) is 0 Å². The first kappa shape index (κ1) is 26.9. The fourth-order valence-electron chi connectivity index (χ4n) is 4.74. The fraction of sp³-hybridized carbons (Fsp3) is 0.241. The number of benzene rings is 3. The van der Waals surface area contributed by atoms with Crippen molar-refractivity contribution in [3.05, 3.63) is 105 Å². The van der Waals surface area contributed by atoms with Crippen molar-refractivity contribution < 1.29 is 24.3 Å². The van der Waals surface area contributed by atoms with Gasteiger partial charge in [0.15, 0.2) is 0 Å². The van der Waals surface area contributed by atoms with Crippen molar-refractivity contribution in [2.75, 3.05) is 13.1 Å². The Morgan fingerprint density at radius 3 is 2.32 bits per heavy atom. The Hall–Kier alpha value is -4.17. The second-order valence-electron chi connectivity index (χ2n) is 9.26. The van der Waals surface area contributed by atoms with E-state index in [1.807, 2.05) is 13.0 Å². The summed E-state index contributed by atoms with van der Waals surface area (Å²) in [6.45, 7) is 4.26. The van der Waals surface area contributed by atoms with Crippen molar-refractivity contribution >= 4 is 35.3 Å². The van der Waals surface area contributed by atoms with Gasteiger partial charge >= 0.3 is 5.97 Å². The normalized spacial score (nSPS) is 13.3. The zero-order chi connectivity index (χ0) is 27.4. The highest BCUT2D eigenvalue weighted by Gasteiger charge is 2.28. The van der Waals surface area contributed by atoms with Crippen LogP contribution in [0.3, 0.4) is 0 Å². The number of nitrogens with zero attached hydrogens (tertiary/aromatic N) is 1. The van der Waals surface area contributed by atoms with Crippen molar-refractivity contribution in [1.29, 1.82) is 0 Å². The van der Waals surface area contributed by atoms with E-state index < -0.39 is 23.8 Å². The smallest absolute Gasteiger partial charge is 0.328 e.